The summed E-state index contributed by atoms with van der Waals surface area (Å²) < 4.78 is 0. The first-order valence-electron chi connectivity index (χ1n) is 5.24. The lowest BCUT2D eigenvalue weighted by molar-refractivity contribution is 0.102. The Labute approximate surface area is 108 Å². The molecule has 0 fully saturated rings. The van der Waals surface area contributed by atoms with E-state index in [9.17, 15) is 20.1 Å². The van der Waals surface area contributed by atoms with E-state index in [2.05, 4.69) is 11.4 Å². The van der Waals surface area contributed by atoms with E-state index in [0.717, 1.165) is 12.1 Å². The Hall–Kier alpha value is -2.89. The molecular weight excluding hydrogens is 250 g/mol. The number of carbonyl (C=O) groups is 1. The van der Waals surface area contributed by atoms with Gasteiger partial charge in [-0.25, -0.2) is 0 Å². The fraction of sp³-hybridized carbons (Fsp3) is 0. The summed E-state index contributed by atoms with van der Waals surface area (Å²) in [6, 6.07) is 8.82. The van der Waals surface area contributed by atoms with Crippen molar-refractivity contribution in [3.8, 4) is 23.0 Å². The van der Waals surface area contributed by atoms with Crippen molar-refractivity contribution in [3.05, 3.63) is 42.0 Å². The molecule has 0 saturated heterocycles. The number of carbonyl (C=O) groups excluding carboxylic acids is 1. The number of rotatable bonds is 2. The Morgan fingerprint density at radius 3 is 2.26 bits per heavy atom. The number of anilines is 1. The van der Waals surface area contributed by atoms with Crippen LogP contribution in [0.5, 0.6) is 23.0 Å². The van der Waals surface area contributed by atoms with Crippen molar-refractivity contribution in [2.45, 2.75) is 0 Å². The number of hydrogen-bond acceptors (Lipinski definition) is 5. The molecule has 5 N–H and O–H groups in total. The maximum atomic E-state index is 11.8. The van der Waals surface area contributed by atoms with Gasteiger partial charge in [0.2, 0.25) is 0 Å². The standard InChI is InChI=1S/C13H10NO5/c15-9-4-2-1-3-8(9)13(19)14-7-5-10(16)12(18)11(17)6-7/h2-6,15-18H,(H,14,19). The molecule has 0 bridgehead atoms. The Morgan fingerprint density at radius 2 is 1.68 bits per heavy atom. The van der Waals surface area contributed by atoms with Crippen LogP contribution >= 0.6 is 0 Å². The zero-order valence-electron chi connectivity index (χ0n) is 9.58. The maximum Gasteiger partial charge on any atom is 0.259 e. The molecule has 1 amide bonds. The average Bonchev–Trinajstić information content (AvgIpc) is 2.36. The van der Waals surface area contributed by atoms with Crippen LogP contribution in [0.4, 0.5) is 5.69 Å². The van der Waals surface area contributed by atoms with Gasteiger partial charge in [0, 0.05) is 17.8 Å². The quantitative estimate of drug-likeness (QED) is 0.416. The molecule has 0 spiro atoms. The summed E-state index contributed by atoms with van der Waals surface area (Å²) in [6.45, 7) is 0. The third kappa shape index (κ3) is 2.52. The van der Waals surface area contributed by atoms with Gasteiger partial charge in [0.15, 0.2) is 17.2 Å². The molecule has 2 aromatic rings. The molecule has 1 radical (unpaired) electrons. The molecule has 0 unspecified atom stereocenters. The second kappa shape index (κ2) is 4.77. The van der Waals surface area contributed by atoms with Crippen LogP contribution in [0.2, 0.25) is 0 Å². The van der Waals surface area contributed by atoms with Gasteiger partial charge in [0.25, 0.3) is 5.91 Å². The van der Waals surface area contributed by atoms with Crippen LogP contribution in [-0.4, -0.2) is 26.3 Å². The van der Waals surface area contributed by atoms with Crippen molar-refractivity contribution in [2.75, 3.05) is 5.32 Å². The highest BCUT2D eigenvalue weighted by Crippen LogP contribution is 2.37. The minimum Gasteiger partial charge on any atom is -0.507 e. The van der Waals surface area contributed by atoms with Crippen LogP contribution < -0.4 is 5.32 Å². The van der Waals surface area contributed by atoms with E-state index in [4.69, 9.17) is 5.11 Å². The van der Waals surface area contributed by atoms with Crippen molar-refractivity contribution in [1.82, 2.24) is 0 Å². The van der Waals surface area contributed by atoms with Crippen LogP contribution in [0, 0.1) is 6.07 Å². The molecule has 2 rings (SSSR count). The van der Waals surface area contributed by atoms with Gasteiger partial charge in [-0.3, -0.25) is 4.79 Å². The molecule has 0 aliphatic heterocycles. The molecule has 0 aliphatic rings. The Morgan fingerprint density at radius 1 is 1.05 bits per heavy atom. The first-order chi connectivity index (χ1) is 8.99. The first kappa shape index (κ1) is 12.6. The highest BCUT2D eigenvalue weighted by atomic mass is 16.3. The number of hydrogen-bond donors (Lipinski definition) is 5. The first-order valence-corrected chi connectivity index (χ1v) is 5.24. The fourth-order valence-corrected chi connectivity index (χ4v) is 1.48. The van der Waals surface area contributed by atoms with Gasteiger partial charge in [-0.05, 0) is 18.2 Å². The lowest BCUT2D eigenvalue weighted by atomic mass is 10.2. The van der Waals surface area contributed by atoms with Crippen LogP contribution in [0.3, 0.4) is 0 Å². The number of phenols is 4. The number of phenolic OH excluding ortho intramolecular Hbond substituents is 4. The van der Waals surface area contributed by atoms with E-state index in [0.29, 0.717) is 0 Å². The SMILES string of the molecule is O=C(Nc1cc(O)c(O)c(O)c1)c1c[c]ccc1O. The summed E-state index contributed by atoms with van der Waals surface area (Å²) in [5.41, 5.74) is 0.0654. The Balaban J connectivity index is 2.27. The van der Waals surface area contributed by atoms with Gasteiger partial charge < -0.3 is 25.7 Å². The van der Waals surface area contributed by atoms with Crippen molar-refractivity contribution in [3.63, 3.8) is 0 Å². The summed E-state index contributed by atoms with van der Waals surface area (Å²) in [7, 11) is 0. The second-order valence-electron chi connectivity index (χ2n) is 3.76. The molecule has 19 heavy (non-hydrogen) atoms. The summed E-state index contributed by atoms with van der Waals surface area (Å²) in [6.07, 6.45) is 0. The zero-order valence-corrected chi connectivity index (χ0v) is 9.58. The van der Waals surface area contributed by atoms with E-state index >= 15 is 0 Å². The van der Waals surface area contributed by atoms with Crippen LogP contribution in [0.1, 0.15) is 10.4 Å². The number of nitrogens with one attached hydrogen (secondary N) is 1. The van der Waals surface area contributed by atoms with Crippen molar-refractivity contribution < 1.29 is 25.2 Å². The molecule has 0 atom stereocenters. The predicted molar refractivity (Wildman–Crippen MR) is 66.3 cm³/mol. The van der Waals surface area contributed by atoms with Gasteiger partial charge in [0.05, 0.1) is 5.56 Å². The lowest BCUT2D eigenvalue weighted by Crippen LogP contribution is -2.11. The molecular formula is C13H10NO5. The molecule has 97 valence electrons. The minimum atomic E-state index is -0.672. The van der Waals surface area contributed by atoms with Crippen molar-refractivity contribution >= 4 is 11.6 Å². The minimum absolute atomic E-state index is 0.00504. The van der Waals surface area contributed by atoms with E-state index in [1.54, 1.807) is 0 Å². The van der Waals surface area contributed by atoms with Crippen molar-refractivity contribution in [1.29, 1.82) is 0 Å². The highest BCUT2D eigenvalue weighted by molar-refractivity contribution is 6.06. The summed E-state index contributed by atoms with van der Waals surface area (Å²) in [4.78, 5) is 11.8. The van der Waals surface area contributed by atoms with Crippen LogP contribution in [-0.2, 0) is 0 Å². The Bertz CT molecular complexity index is 616. The summed E-state index contributed by atoms with van der Waals surface area (Å²) in [5, 5.41) is 39.6. The molecule has 6 heteroatoms. The van der Waals surface area contributed by atoms with Gasteiger partial charge in [-0.2, -0.15) is 0 Å². The zero-order chi connectivity index (χ0) is 14.0. The molecule has 0 aromatic heterocycles. The molecule has 0 aliphatic carbocycles. The van der Waals surface area contributed by atoms with Crippen LogP contribution in [0.15, 0.2) is 30.3 Å². The molecule has 0 heterocycles. The van der Waals surface area contributed by atoms with Gasteiger partial charge in [0.1, 0.15) is 5.75 Å². The lowest BCUT2D eigenvalue weighted by Gasteiger charge is -2.08. The smallest absolute Gasteiger partial charge is 0.259 e. The topological polar surface area (TPSA) is 110 Å². The highest BCUT2D eigenvalue weighted by Gasteiger charge is 2.13. The number of aromatic hydroxyl groups is 4. The number of benzene rings is 2. The summed E-state index contributed by atoms with van der Waals surface area (Å²) in [5.74, 6) is -2.67. The molecule has 6 nitrogen and oxygen atoms in total. The maximum absolute atomic E-state index is 11.8. The second-order valence-corrected chi connectivity index (χ2v) is 3.76. The van der Waals surface area contributed by atoms with E-state index in [1.165, 1.54) is 18.2 Å². The largest absolute Gasteiger partial charge is 0.507 e. The Kier molecular flexibility index (Phi) is 3.15. The third-order valence-corrected chi connectivity index (χ3v) is 2.41. The van der Waals surface area contributed by atoms with E-state index in [-0.39, 0.29) is 17.0 Å². The third-order valence-electron chi connectivity index (χ3n) is 2.41. The van der Waals surface area contributed by atoms with Gasteiger partial charge in [-0.1, -0.05) is 6.07 Å². The fourth-order valence-electron chi connectivity index (χ4n) is 1.48. The van der Waals surface area contributed by atoms with E-state index < -0.39 is 23.2 Å². The predicted octanol–water partition coefficient (Wildman–Crippen LogP) is 1.56. The van der Waals surface area contributed by atoms with E-state index in [1.807, 2.05) is 0 Å². The average molecular weight is 260 g/mol. The van der Waals surface area contributed by atoms with Gasteiger partial charge in [-0.15, -0.1) is 0 Å². The number of amides is 1. The van der Waals surface area contributed by atoms with Crippen molar-refractivity contribution in [2.24, 2.45) is 0 Å². The van der Waals surface area contributed by atoms with Crippen LogP contribution in [0.25, 0.3) is 0 Å². The monoisotopic (exact) mass is 260 g/mol. The summed E-state index contributed by atoms with van der Waals surface area (Å²) >= 11 is 0. The van der Waals surface area contributed by atoms with Gasteiger partial charge >= 0.3 is 0 Å². The normalized spacial score (nSPS) is 10.1. The molecule has 2 aromatic carbocycles. The molecule has 0 saturated carbocycles.